The third-order valence-electron chi connectivity index (χ3n) is 3.56. The molecule has 1 rings (SSSR count). The summed E-state index contributed by atoms with van der Waals surface area (Å²) in [5.41, 5.74) is 2.55. The van der Waals surface area contributed by atoms with E-state index in [1.807, 2.05) is 0 Å². The predicted molar refractivity (Wildman–Crippen MR) is 81.1 cm³/mol. The Kier molecular flexibility index (Phi) is 6.94. The Labute approximate surface area is 119 Å². The summed E-state index contributed by atoms with van der Waals surface area (Å²) < 4.78 is 3.37. The molecule has 0 spiro atoms. The third kappa shape index (κ3) is 3.82. The number of aryl methyl sites for hydroxylation is 2. The van der Waals surface area contributed by atoms with E-state index in [1.165, 1.54) is 35.1 Å². The monoisotopic (exact) mass is 315 g/mol. The van der Waals surface area contributed by atoms with Crippen molar-refractivity contribution in [2.24, 2.45) is 0 Å². The van der Waals surface area contributed by atoms with Crippen LogP contribution in [0.5, 0.6) is 0 Å². The summed E-state index contributed by atoms with van der Waals surface area (Å²) in [5, 5.41) is 8.00. The van der Waals surface area contributed by atoms with Crippen LogP contribution in [0.1, 0.15) is 51.4 Å². The molecule has 0 aliphatic rings. The SMILES string of the molecule is CCc1nn(CC)c(CCCC(CC)NC)c1Br. The first-order valence-corrected chi connectivity index (χ1v) is 7.88. The molecule has 1 aromatic heterocycles. The molecule has 0 aliphatic heterocycles. The molecule has 3 nitrogen and oxygen atoms in total. The minimum atomic E-state index is 0.646. The Balaban J connectivity index is 2.63. The van der Waals surface area contributed by atoms with Gasteiger partial charge >= 0.3 is 0 Å². The first-order chi connectivity index (χ1) is 8.67. The number of hydrogen-bond donors (Lipinski definition) is 1. The molecule has 1 heterocycles. The van der Waals surface area contributed by atoms with Crippen LogP contribution in [0.4, 0.5) is 0 Å². The lowest BCUT2D eigenvalue weighted by Crippen LogP contribution is -2.24. The van der Waals surface area contributed by atoms with Crippen molar-refractivity contribution >= 4 is 15.9 Å². The Hall–Kier alpha value is -0.350. The van der Waals surface area contributed by atoms with Crippen LogP contribution in [-0.2, 0) is 19.4 Å². The molecule has 1 N–H and O–H groups in total. The third-order valence-corrected chi connectivity index (χ3v) is 4.48. The quantitative estimate of drug-likeness (QED) is 0.795. The lowest BCUT2D eigenvalue weighted by molar-refractivity contribution is 0.484. The van der Waals surface area contributed by atoms with Crippen LogP contribution in [-0.4, -0.2) is 22.9 Å². The van der Waals surface area contributed by atoms with Crippen molar-refractivity contribution in [3.8, 4) is 0 Å². The number of nitrogens with zero attached hydrogens (tertiary/aromatic N) is 2. The van der Waals surface area contributed by atoms with Gasteiger partial charge in [-0.1, -0.05) is 13.8 Å². The van der Waals surface area contributed by atoms with Crippen molar-refractivity contribution in [3.05, 3.63) is 15.9 Å². The van der Waals surface area contributed by atoms with Gasteiger partial charge in [0.25, 0.3) is 0 Å². The summed E-state index contributed by atoms with van der Waals surface area (Å²) in [7, 11) is 2.05. The van der Waals surface area contributed by atoms with Crippen LogP contribution in [0.15, 0.2) is 4.47 Å². The topological polar surface area (TPSA) is 29.9 Å². The molecular weight excluding hydrogens is 290 g/mol. The van der Waals surface area contributed by atoms with Gasteiger partial charge in [0.05, 0.1) is 15.9 Å². The van der Waals surface area contributed by atoms with E-state index in [9.17, 15) is 0 Å². The van der Waals surface area contributed by atoms with Crippen LogP contribution >= 0.6 is 15.9 Å². The van der Waals surface area contributed by atoms with Crippen molar-refractivity contribution in [3.63, 3.8) is 0 Å². The van der Waals surface area contributed by atoms with Gasteiger partial charge in [-0.05, 0) is 62.0 Å². The highest BCUT2D eigenvalue weighted by atomic mass is 79.9. The van der Waals surface area contributed by atoms with Gasteiger partial charge in [-0.3, -0.25) is 4.68 Å². The molecule has 104 valence electrons. The maximum atomic E-state index is 4.64. The Morgan fingerprint density at radius 3 is 2.56 bits per heavy atom. The lowest BCUT2D eigenvalue weighted by Gasteiger charge is -2.13. The molecular formula is C14H26BrN3. The summed E-state index contributed by atoms with van der Waals surface area (Å²) in [6, 6.07) is 0.646. The first-order valence-electron chi connectivity index (χ1n) is 7.09. The van der Waals surface area contributed by atoms with Crippen molar-refractivity contribution in [1.82, 2.24) is 15.1 Å². The van der Waals surface area contributed by atoms with Crippen LogP contribution in [0.2, 0.25) is 0 Å². The molecule has 1 aromatic rings. The normalized spacial score (nSPS) is 12.9. The molecule has 0 bridgehead atoms. The zero-order valence-electron chi connectivity index (χ0n) is 12.1. The van der Waals surface area contributed by atoms with E-state index in [1.54, 1.807) is 0 Å². The van der Waals surface area contributed by atoms with E-state index < -0.39 is 0 Å². The van der Waals surface area contributed by atoms with Crippen LogP contribution in [0.3, 0.4) is 0 Å². The Morgan fingerprint density at radius 1 is 1.33 bits per heavy atom. The minimum Gasteiger partial charge on any atom is -0.317 e. The number of rotatable bonds is 8. The van der Waals surface area contributed by atoms with Gasteiger partial charge in [0.2, 0.25) is 0 Å². The molecule has 0 aliphatic carbocycles. The van der Waals surface area contributed by atoms with Gasteiger partial charge in [0.1, 0.15) is 0 Å². The molecule has 0 radical (unpaired) electrons. The lowest BCUT2D eigenvalue weighted by atomic mass is 10.1. The van der Waals surface area contributed by atoms with Gasteiger partial charge in [0, 0.05) is 12.6 Å². The standard InChI is InChI=1S/C14H26BrN3/c1-5-11(16-4)9-8-10-13-14(15)12(6-2)17-18(13)7-3/h11,16H,5-10H2,1-4H3. The molecule has 0 fully saturated rings. The van der Waals surface area contributed by atoms with E-state index in [0.29, 0.717) is 6.04 Å². The maximum Gasteiger partial charge on any atom is 0.0766 e. The summed E-state index contributed by atoms with van der Waals surface area (Å²) >= 11 is 3.71. The van der Waals surface area contributed by atoms with Crippen molar-refractivity contribution in [2.45, 2.75) is 65.5 Å². The fraction of sp³-hybridized carbons (Fsp3) is 0.786. The summed E-state index contributed by atoms with van der Waals surface area (Å²) in [6.07, 6.45) is 5.75. The average Bonchev–Trinajstić information content (AvgIpc) is 2.71. The van der Waals surface area contributed by atoms with Crippen LogP contribution < -0.4 is 5.32 Å². The molecule has 18 heavy (non-hydrogen) atoms. The fourth-order valence-corrected chi connectivity index (χ4v) is 3.09. The zero-order chi connectivity index (χ0) is 13.5. The highest BCUT2D eigenvalue weighted by molar-refractivity contribution is 9.10. The molecule has 0 amide bonds. The predicted octanol–water partition coefficient (Wildman–Crippen LogP) is 3.55. The highest BCUT2D eigenvalue weighted by Gasteiger charge is 2.13. The number of halogens is 1. The summed E-state index contributed by atoms with van der Waals surface area (Å²) in [4.78, 5) is 0. The van der Waals surface area contributed by atoms with Gasteiger partial charge < -0.3 is 5.32 Å². The largest absolute Gasteiger partial charge is 0.317 e. The van der Waals surface area contributed by atoms with Gasteiger partial charge in [-0.15, -0.1) is 0 Å². The van der Waals surface area contributed by atoms with Gasteiger partial charge in [0.15, 0.2) is 0 Å². The molecule has 0 saturated heterocycles. The number of hydrogen-bond acceptors (Lipinski definition) is 2. The van der Waals surface area contributed by atoms with Gasteiger partial charge in [-0.2, -0.15) is 5.10 Å². The Morgan fingerprint density at radius 2 is 2.06 bits per heavy atom. The van der Waals surface area contributed by atoms with E-state index in [0.717, 1.165) is 19.4 Å². The van der Waals surface area contributed by atoms with Crippen LogP contribution in [0.25, 0.3) is 0 Å². The fourth-order valence-electron chi connectivity index (χ4n) is 2.32. The second kappa shape index (κ2) is 7.95. The molecule has 0 saturated carbocycles. The Bertz CT molecular complexity index is 356. The molecule has 4 heteroatoms. The molecule has 1 atom stereocenters. The van der Waals surface area contributed by atoms with Crippen molar-refractivity contribution in [2.75, 3.05) is 7.05 Å². The van der Waals surface area contributed by atoms with E-state index in [-0.39, 0.29) is 0 Å². The smallest absolute Gasteiger partial charge is 0.0766 e. The number of aromatic nitrogens is 2. The average molecular weight is 316 g/mol. The molecule has 1 unspecified atom stereocenters. The van der Waals surface area contributed by atoms with E-state index in [4.69, 9.17) is 0 Å². The van der Waals surface area contributed by atoms with E-state index >= 15 is 0 Å². The second-order valence-corrected chi connectivity index (χ2v) is 5.46. The van der Waals surface area contributed by atoms with Crippen molar-refractivity contribution in [1.29, 1.82) is 0 Å². The van der Waals surface area contributed by atoms with Crippen molar-refractivity contribution < 1.29 is 0 Å². The van der Waals surface area contributed by atoms with E-state index in [2.05, 4.69) is 58.8 Å². The second-order valence-electron chi connectivity index (χ2n) is 4.66. The highest BCUT2D eigenvalue weighted by Crippen LogP contribution is 2.24. The maximum absolute atomic E-state index is 4.64. The summed E-state index contributed by atoms with van der Waals surface area (Å²) in [5.74, 6) is 0. The molecule has 0 aromatic carbocycles. The number of nitrogens with one attached hydrogen (secondary N) is 1. The first kappa shape index (κ1) is 15.7. The van der Waals surface area contributed by atoms with Gasteiger partial charge in [-0.25, -0.2) is 0 Å². The summed E-state index contributed by atoms with van der Waals surface area (Å²) in [6.45, 7) is 7.51. The zero-order valence-corrected chi connectivity index (χ0v) is 13.7. The minimum absolute atomic E-state index is 0.646. The van der Waals surface area contributed by atoms with Crippen LogP contribution in [0, 0.1) is 0 Å².